The van der Waals surface area contributed by atoms with E-state index in [1.165, 1.54) is 5.56 Å². The average Bonchev–Trinajstić information content (AvgIpc) is 2.92. The second kappa shape index (κ2) is 5.46. The lowest BCUT2D eigenvalue weighted by Gasteiger charge is -2.12. The lowest BCUT2D eigenvalue weighted by molar-refractivity contribution is 0.685. The zero-order valence-corrected chi connectivity index (χ0v) is 14.5. The lowest BCUT2D eigenvalue weighted by atomic mass is 10.2. The number of halogens is 2. The summed E-state index contributed by atoms with van der Waals surface area (Å²) in [5.74, 6) is 0.874. The van der Waals surface area contributed by atoms with Crippen LogP contribution in [0, 0.1) is 6.92 Å². The molecule has 3 rings (SSSR count). The van der Waals surface area contributed by atoms with E-state index in [0.717, 1.165) is 27.2 Å². The molecular formula is C15H16BrClN4. The van der Waals surface area contributed by atoms with Crippen LogP contribution in [0.25, 0.3) is 11.2 Å². The standard InChI is InChI=1S/C15H16BrClN4/c1-9(17)14-18-13-10(2)19-20(3)15(13)21(14)8-11-6-4-5-7-12(11)16/h4-7,9H,8H2,1-3H3. The highest BCUT2D eigenvalue weighted by atomic mass is 79.9. The SMILES string of the molecule is Cc1nn(C)c2c1nc(C(C)Cl)n2Cc1ccccc1Br. The maximum absolute atomic E-state index is 6.32. The summed E-state index contributed by atoms with van der Waals surface area (Å²) in [5.41, 5.74) is 4.05. The summed E-state index contributed by atoms with van der Waals surface area (Å²) < 4.78 is 5.10. The van der Waals surface area contributed by atoms with Gasteiger partial charge in [0.2, 0.25) is 0 Å². The van der Waals surface area contributed by atoms with Crippen molar-refractivity contribution in [2.45, 2.75) is 25.8 Å². The molecular weight excluding hydrogens is 352 g/mol. The van der Waals surface area contributed by atoms with Gasteiger partial charge in [0.1, 0.15) is 11.3 Å². The highest BCUT2D eigenvalue weighted by Gasteiger charge is 2.20. The number of hydrogen-bond donors (Lipinski definition) is 0. The molecule has 0 amide bonds. The number of imidazole rings is 1. The predicted molar refractivity (Wildman–Crippen MR) is 88.7 cm³/mol. The van der Waals surface area contributed by atoms with Crippen LogP contribution in [-0.2, 0) is 13.6 Å². The Morgan fingerprint density at radius 3 is 2.71 bits per heavy atom. The molecule has 2 aromatic heterocycles. The number of alkyl halides is 1. The van der Waals surface area contributed by atoms with Gasteiger partial charge >= 0.3 is 0 Å². The zero-order valence-electron chi connectivity index (χ0n) is 12.1. The minimum absolute atomic E-state index is 0.153. The summed E-state index contributed by atoms with van der Waals surface area (Å²) in [7, 11) is 1.94. The Labute approximate surface area is 136 Å². The van der Waals surface area contributed by atoms with Gasteiger partial charge < -0.3 is 4.57 Å². The van der Waals surface area contributed by atoms with Crippen LogP contribution in [0.2, 0.25) is 0 Å². The lowest BCUT2D eigenvalue weighted by Crippen LogP contribution is -2.09. The van der Waals surface area contributed by atoms with Crippen LogP contribution in [0.4, 0.5) is 0 Å². The molecule has 4 nitrogen and oxygen atoms in total. The van der Waals surface area contributed by atoms with Crippen LogP contribution in [-0.4, -0.2) is 19.3 Å². The van der Waals surface area contributed by atoms with Gasteiger partial charge in [0.05, 0.1) is 17.6 Å². The molecule has 6 heteroatoms. The Kier molecular flexibility index (Phi) is 3.80. The maximum atomic E-state index is 6.32. The third kappa shape index (κ3) is 2.49. The topological polar surface area (TPSA) is 35.6 Å². The smallest absolute Gasteiger partial charge is 0.159 e. The van der Waals surface area contributed by atoms with E-state index < -0.39 is 0 Å². The van der Waals surface area contributed by atoms with Crippen molar-refractivity contribution in [2.75, 3.05) is 0 Å². The average molecular weight is 368 g/mol. The fourth-order valence-corrected chi connectivity index (χ4v) is 3.18. The number of nitrogens with zero attached hydrogens (tertiary/aromatic N) is 4. The van der Waals surface area contributed by atoms with Crippen LogP contribution < -0.4 is 0 Å². The highest BCUT2D eigenvalue weighted by Crippen LogP contribution is 2.28. The number of aryl methyl sites for hydroxylation is 2. The Morgan fingerprint density at radius 2 is 2.05 bits per heavy atom. The van der Waals surface area contributed by atoms with Gasteiger partial charge in [0.25, 0.3) is 0 Å². The molecule has 0 aliphatic heterocycles. The number of hydrogen-bond acceptors (Lipinski definition) is 2. The number of rotatable bonds is 3. The van der Waals surface area contributed by atoms with Gasteiger partial charge in [0.15, 0.2) is 5.65 Å². The predicted octanol–water partition coefficient (Wildman–Crippen LogP) is 4.19. The van der Waals surface area contributed by atoms with Crippen LogP contribution in [0.1, 0.15) is 29.4 Å². The van der Waals surface area contributed by atoms with Crippen molar-refractivity contribution in [3.8, 4) is 0 Å². The molecule has 1 unspecified atom stereocenters. The highest BCUT2D eigenvalue weighted by molar-refractivity contribution is 9.10. The van der Waals surface area contributed by atoms with Crippen LogP contribution in [0.3, 0.4) is 0 Å². The van der Waals surface area contributed by atoms with E-state index in [1.807, 2.05) is 43.8 Å². The molecule has 0 aliphatic carbocycles. The molecule has 2 heterocycles. The molecule has 0 spiro atoms. The fourth-order valence-electron chi connectivity index (χ4n) is 2.61. The summed E-state index contributed by atoms with van der Waals surface area (Å²) in [6, 6.07) is 8.19. The van der Waals surface area contributed by atoms with E-state index in [-0.39, 0.29) is 5.38 Å². The first-order valence-corrected chi connectivity index (χ1v) is 7.99. The molecule has 1 atom stereocenters. The molecule has 0 N–H and O–H groups in total. The summed E-state index contributed by atoms with van der Waals surface area (Å²) in [5, 5.41) is 4.30. The van der Waals surface area contributed by atoms with E-state index in [9.17, 15) is 0 Å². The van der Waals surface area contributed by atoms with Crippen molar-refractivity contribution in [1.29, 1.82) is 0 Å². The summed E-state index contributed by atoms with van der Waals surface area (Å²) in [4.78, 5) is 4.69. The van der Waals surface area contributed by atoms with E-state index in [2.05, 4.69) is 31.7 Å². The number of fused-ring (bicyclic) bond motifs is 1. The van der Waals surface area contributed by atoms with Crippen LogP contribution in [0.15, 0.2) is 28.7 Å². The van der Waals surface area contributed by atoms with Crippen molar-refractivity contribution >= 4 is 38.7 Å². The van der Waals surface area contributed by atoms with E-state index in [0.29, 0.717) is 6.54 Å². The molecule has 0 fully saturated rings. The van der Waals surface area contributed by atoms with Gasteiger partial charge in [-0.05, 0) is 25.5 Å². The largest absolute Gasteiger partial charge is 0.307 e. The molecule has 1 aromatic carbocycles. The molecule has 0 radical (unpaired) electrons. The zero-order chi connectivity index (χ0) is 15.1. The molecule has 0 aliphatic rings. The molecule has 110 valence electrons. The quantitative estimate of drug-likeness (QED) is 0.651. The van der Waals surface area contributed by atoms with E-state index in [1.54, 1.807) is 0 Å². The van der Waals surface area contributed by atoms with Crippen LogP contribution in [0.5, 0.6) is 0 Å². The number of benzene rings is 1. The minimum atomic E-state index is -0.153. The van der Waals surface area contributed by atoms with E-state index >= 15 is 0 Å². The first kappa shape index (κ1) is 14.6. The molecule has 0 saturated carbocycles. The van der Waals surface area contributed by atoms with Gasteiger partial charge in [-0.2, -0.15) is 5.10 Å². The Morgan fingerprint density at radius 1 is 1.33 bits per heavy atom. The van der Waals surface area contributed by atoms with Gasteiger partial charge in [-0.25, -0.2) is 4.98 Å². The van der Waals surface area contributed by atoms with Crippen molar-refractivity contribution in [3.63, 3.8) is 0 Å². The summed E-state index contributed by atoms with van der Waals surface area (Å²) in [6.07, 6.45) is 0. The second-order valence-electron chi connectivity index (χ2n) is 5.14. The van der Waals surface area contributed by atoms with Crippen molar-refractivity contribution in [2.24, 2.45) is 7.05 Å². The molecule has 21 heavy (non-hydrogen) atoms. The Bertz CT molecular complexity index is 803. The summed E-state index contributed by atoms with van der Waals surface area (Å²) >= 11 is 9.92. The van der Waals surface area contributed by atoms with Gasteiger partial charge in [0, 0.05) is 11.5 Å². The van der Waals surface area contributed by atoms with Crippen molar-refractivity contribution in [1.82, 2.24) is 19.3 Å². The monoisotopic (exact) mass is 366 g/mol. The first-order chi connectivity index (χ1) is 9.99. The summed E-state index contributed by atoms with van der Waals surface area (Å²) in [6.45, 7) is 4.63. The van der Waals surface area contributed by atoms with Crippen molar-refractivity contribution < 1.29 is 0 Å². The Hall–Kier alpha value is -1.33. The van der Waals surface area contributed by atoms with Gasteiger partial charge in [-0.3, -0.25) is 4.68 Å². The van der Waals surface area contributed by atoms with Crippen molar-refractivity contribution in [3.05, 3.63) is 45.8 Å². The minimum Gasteiger partial charge on any atom is -0.307 e. The molecule has 3 aromatic rings. The third-order valence-electron chi connectivity index (χ3n) is 3.56. The second-order valence-corrected chi connectivity index (χ2v) is 6.65. The van der Waals surface area contributed by atoms with E-state index in [4.69, 9.17) is 16.6 Å². The van der Waals surface area contributed by atoms with Gasteiger partial charge in [-0.15, -0.1) is 11.6 Å². The van der Waals surface area contributed by atoms with Gasteiger partial charge in [-0.1, -0.05) is 34.1 Å². The maximum Gasteiger partial charge on any atom is 0.159 e. The Balaban J connectivity index is 2.20. The molecule has 0 saturated heterocycles. The normalized spacial score (nSPS) is 13.0. The first-order valence-electron chi connectivity index (χ1n) is 6.76. The third-order valence-corrected chi connectivity index (χ3v) is 4.53. The molecule has 0 bridgehead atoms. The van der Waals surface area contributed by atoms with Crippen LogP contribution >= 0.6 is 27.5 Å². The number of aromatic nitrogens is 4. The fraction of sp³-hybridized carbons (Fsp3) is 0.333.